The number of Topliss-reactive ketones (excluding diaryl/α,β-unsaturated/α-hetero) is 1. The molecule has 10 heterocycles. The Bertz CT molecular complexity index is 3560. The predicted octanol–water partition coefficient (Wildman–Crippen LogP) is 9.27. The summed E-state index contributed by atoms with van der Waals surface area (Å²) in [6, 6.07) is 19.7. The Balaban J connectivity index is 0.593. The third-order valence-corrected chi connectivity index (χ3v) is 20.5. The number of benzene rings is 3. The van der Waals surface area contributed by atoms with Crippen molar-refractivity contribution in [2.75, 3.05) is 80.1 Å². The van der Waals surface area contributed by atoms with Gasteiger partial charge in [-0.05, 0) is 136 Å². The zero-order valence-corrected chi connectivity index (χ0v) is 49.9. The lowest BCUT2D eigenvalue weighted by Gasteiger charge is -2.43. The Morgan fingerprint density at radius 2 is 1.65 bits per heavy atom. The van der Waals surface area contributed by atoms with Gasteiger partial charge in [0.05, 0.1) is 33.6 Å². The van der Waals surface area contributed by atoms with E-state index in [-0.39, 0.29) is 48.2 Å². The second-order valence-corrected chi connectivity index (χ2v) is 26.7. The van der Waals surface area contributed by atoms with Gasteiger partial charge in [0.2, 0.25) is 11.9 Å². The number of fused-ring (bicyclic) bond motifs is 4. The summed E-state index contributed by atoms with van der Waals surface area (Å²) in [5.41, 5.74) is 4.57. The van der Waals surface area contributed by atoms with E-state index >= 15 is 4.39 Å². The Hall–Kier alpha value is -6.64. The highest BCUT2D eigenvalue weighted by Gasteiger charge is 2.52. The molecule has 5 N–H and O–H groups in total. The summed E-state index contributed by atoms with van der Waals surface area (Å²) in [5, 5.41) is 38.3. The monoisotopic (exact) mass is 1160 g/mol. The van der Waals surface area contributed by atoms with Gasteiger partial charge in [-0.3, -0.25) is 19.9 Å². The minimum absolute atomic E-state index is 0.00372. The summed E-state index contributed by atoms with van der Waals surface area (Å²) in [5.74, 6) is 3.38. The number of phenols is 1. The topological polar surface area (TPSA) is 201 Å². The lowest BCUT2D eigenvalue weighted by molar-refractivity contribution is -0.138. The summed E-state index contributed by atoms with van der Waals surface area (Å²) in [6.07, 6.45) is 9.56. The van der Waals surface area contributed by atoms with E-state index in [9.17, 15) is 19.8 Å². The third kappa shape index (κ3) is 11.0. The molecule has 4 aromatic heterocycles. The van der Waals surface area contributed by atoms with Gasteiger partial charge in [0.1, 0.15) is 28.5 Å². The van der Waals surface area contributed by atoms with E-state index in [2.05, 4.69) is 58.7 Å². The number of anilines is 3. The van der Waals surface area contributed by atoms with Gasteiger partial charge in [-0.1, -0.05) is 68.4 Å². The summed E-state index contributed by atoms with van der Waals surface area (Å²) in [4.78, 5) is 58.5. The third-order valence-electron chi connectivity index (χ3n) is 19.5. The number of aromatic nitrogens is 5. The minimum Gasteiger partial charge on any atom is -0.508 e. The van der Waals surface area contributed by atoms with E-state index < -0.39 is 28.8 Å². The molecule has 0 radical (unpaired) electrons. The van der Waals surface area contributed by atoms with Crippen LogP contribution in [0, 0.1) is 30.5 Å². The van der Waals surface area contributed by atoms with Crippen molar-refractivity contribution in [3.8, 4) is 27.4 Å². The summed E-state index contributed by atoms with van der Waals surface area (Å²) in [7, 11) is 0. The standard InChI is InChI=1S/C65H79FN12O5S/c1-6-43-8-7-9-46-25-49(79)26-51(56(43)46)58-57(66)59-52(31-67-58)61(78-35-47-14-15-48(36-78)71-47)73-63(72-59)76-22-18-41(19-23-76)32-75-20-16-40(17-21-75)24-42-33-77(34-42)55-27-54(83-74-55)64(4,5)29-53(81)65(28-50(80)30-69-65)62(82)70-38(2)44-10-12-45(13-11-44)60-39(3)68-37-84-60/h7-13,25-27,31,37-38,40-42,47-48,50,69,71,79-80H,6,14-24,28-30,32-36H2,1-5H3,(H,70,82)/t38-,47?,48?,50?,65+/m0/s1. The molecule has 442 valence electrons. The SMILES string of the molecule is CCc1cccc2cc(O)cc(-c3ncc4c(N5CC6CCC(C5)N6)nc(N5CCC(CN6CCC(CC7CN(c8cc(C(C)(C)CC(=O)[C@@]9(C(=O)N[C@@H](C)c%10ccc(-c%11scnc%11C)cc%10)CC(O)CN9)on8)C7)CC6)CC5)nc4c3F)c12. The first kappa shape index (κ1) is 56.5. The first-order chi connectivity index (χ1) is 40.6. The zero-order chi connectivity index (χ0) is 58.0. The number of amides is 1. The van der Waals surface area contributed by atoms with Gasteiger partial charge < -0.3 is 45.0 Å². The van der Waals surface area contributed by atoms with Crippen molar-refractivity contribution < 1.29 is 28.7 Å². The molecule has 3 aromatic carbocycles. The van der Waals surface area contributed by atoms with Crippen LogP contribution in [0.4, 0.5) is 22.0 Å². The largest absolute Gasteiger partial charge is 0.508 e. The minimum atomic E-state index is -1.57. The number of rotatable bonds is 17. The second kappa shape index (κ2) is 23.0. The summed E-state index contributed by atoms with van der Waals surface area (Å²) in [6.45, 7) is 18.4. The highest BCUT2D eigenvalue weighted by Crippen LogP contribution is 2.42. The quantitative estimate of drug-likeness (QED) is 0.0540. The molecule has 6 saturated heterocycles. The highest BCUT2D eigenvalue weighted by molar-refractivity contribution is 7.13. The van der Waals surface area contributed by atoms with Gasteiger partial charge in [-0.15, -0.1) is 11.3 Å². The number of likely N-dealkylation sites (tertiary alicyclic amines) is 1. The number of thiazole rings is 1. The van der Waals surface area contributed by atoms with Crippen molar-refractivity contribution >= 4 is 62.3 Å². The predicted molar refractivity (Wildman–Crippen MR) is 327 cm³/mol. The van der Waals surface area contributed by atoms with Crippen molar-refractivity contribution in [3.63, 3.8) is 0 Å². The molecule has 3 unspecified atom stereocenters. The van der Waals surface area contributed by atoms with Gasteiger partial charge in [-0.2, -0.15) is 4.98 Å². The molecule has 17 nitrogen and oxygen atoms in total. The van der Waals surface area contributed by atoms with Crippen LogP contribution in [0.5, 0.6) is 5.75 Å². The second-order valence-electron chi connectivity index (χ2n) is 25.9. The summed E-state index contributed by atoms with van der Waals surface area (Å²) >= 11 is 1.59. The van der Waals surface area contributed by atoms with E-state index in [0.29, 0.717) is 52.5 Å². The van der Waals surface area contributed by atoms with Gasteiger partial charge in [0, 0.05) is 101 Å². The van der Waals surface area contributed by atoms with Crippen LogP contribution in [0.3, 0.4) is 0 Å². The molecule has 5 atom stereocenters. The number of hydrogen-bond acceptors (Lipinski definition) is 17. The fourth-order valence-electron chi connectivity index (χ4n) is 14.6. The van der Waals surface area contributed by atoms with Crippen LogP contribution >= 0.6 is 11.3 Å². The lowest BCUT2D eigenvalue weighted by Crippen LogP contribution is -2.60. The van der Waals surface area contributed by atoms with Crippen molar-refractivity contribution in [2.24, 2.45) is 17.8 Å². The molecule has 0 saturated carbocycles. The van der Waals surface area contributed by atoms with Gasteiger partial charge in [0.25, 0.3) is 0 Å². The number of aryl methyl sites for hydroxylation is 2. The van der Waals surface area contributed by atoms with Gasteiger partial charge in [-0.25, -0.2) is 14.4 Å². The molecule has 6 aliphatic heterocycles. The van der Waals surface area contributed by atoms with Crippen LogP contribution in [-0.4, -0.2) is 141 Å². The van der Waals surface area contributed by atoms with Gasteiger partial charge in [0.15, 0.2) is 23.0 Å². The Morgan fingerprint density at radius 3 is 2.36 bits per heavy atom. The average molecular weight is 1160 g/mol. The number of halogens is 1. The average Bonchev–Trinajstić information content (AvgIpc) is 4.31. The number of carbonyl (C=O) groups excluding carboxylic acids is 2. The summed E-state index contributed by atoms with van der Waals surface area (Å²) < 4.78 is 23.3. The number of ketones is 1. The Labute approximate surface area is 494 Å². The van der Waals surface area contributed by atoms with E-state index in [0.717, 1.165) is 141 Å². The number of nitrogens with one attached hydrogen (secondary N) is 3. The number of nitrogens with zero attached hydrogens (tertiary/aromatic N) is 9. The molecule has 2 bridgehead atoms. The molecular formula is C65H79FN12O5S. The number of aliphatic hydroxyl groups excluding tert-OH is 1. The van der Waals surface area contributed by atoms with E-state index in [1.54, 1.807) is 29.7 Å². The molecule has 13 rings (SSSR count). The van der Waals surface area contributed by atoms with Crippen molar-refractivity contribution in [3.05, 3.63) is 101 Å². The number of piperidine rings is 2. The first-order valence-electron chi connectivity index (χ1n) is 30.7. The molecule has 7 aromatic rings. The first-order valence-corrected chi connectivity index (χ1v) is 31.6. The van der Waals surface area contributed by atoms with Crippen molar-refractivity contribution in [1.29, 1.82) is 0 Å². The molecule has 0 spiro atoms. The number of carbonyl (C=O) groups is 2. The van der Waals surface area contributed by atoms with Crippen LogP contribution in [0.15, 0.2) is 76.9 Å². The molecule has 0 aliphatic carbocycles. The number of pyridine rings is 1. The van der Waals surface area contributed by atoms with E-state index in [1.807, 2.05) is 75.7 Å². The lowest BCUT2D eigenvalue weighted by atomic mass is 9.77. The Morgan fingerprint density at radius 1 is 0.905 bits per heavy atom. The molecule has 84 heavy (non-hydrogen) atoms. The number of β-amino-alcohol motifs (C(OH)–C–C–N with tert-alkyl or cyclic N) is 1. The number of hydrogen-bond donors (Lipinski definition) is 5. The number of aromatic hydroxyl groups is 1. The van der Waals surface area contributed by atoms with Crippen LogP contribution in [0.25, 0.3) is 43.4 Å². The van der Waals surface area contributed by atoms with Crippen LogP contribution in [-0.2, 0) is 21.4 Å². The van der Waals surface area contributed by atoms with Crippen molar-refractivity contribution in [1.82, 2.24) is 45.9 Å². The zero-order valence-electron chi connectivity index (χ0n) is 49.0. The maximum absolute atomic E-state index is 17.3. The van der Waals surface area contributed by atoms with E-state index in [1.165, 1.54) is 19.3 Å². The van der Waals surface area contributed by atoms with Crippen LogP contribution < -0.4 is 30.7 Å². The maximum Gasteiger partial charge on any atom is 0.248 e. The normalized spacial score (nSPS) is 23.2. The number of aliphatic hydroxyl groups is 1. The fraction of sp³-hybridized carbons (Fsp3) is 0.523. The number of piperazine rings is 1. The van der Waals surface area contributed by atoms with Crippen LogP contribution in [0.2, 0.25) is 0 Å². The number of phenolic OH excluding ortho intramolecular Hbond substituents is 1. The molecule has 1 amide bonds. The maximum atomic E-state index is 17.3. The smallest absolute Gasteiger partial charge is 0.248 e. The molecular weight excluding hydrogens is 1080 g/mol. The van der Waals surface area contributed by atoms with Gasteiger partial charge >= 0.3 is 0 Å². The van der Waals surface area contributed by atoms with Crippen molar-refractivity contribution in [2.45, 2.75) is 134 Å². The fourth-order valence-corrected chi connectivity index (χ4v) is 15.4. The highest BCUT2D eigenvalue weighted by atomic mass is 32.1. The molecule has 6 fully saturated rings. The molecule has 19 heteroatoms. The molecule has 6 aliphatic rings. The van der Waals surface area contributed by atoms with E-state index in [4.69, 9.17) is 19.5 Å². The van der Waals surface area contributed by atoms with Crippen LogP contribution in [0.1, 0.15) is 114 Å². The Kier molecular flexibility index (Phi) is 15.5.